The first kappa shape index (κ1) is 15.8. The lowest BCUT2D eigenvalue weighted by Gasteiger charge is -2.04. The first-order valence-electron chi connectivity index (χ1n) is 6.74. The maximum atomic E-state index is 11.8. The Morgan fingerprint density at radius 1 is 1.09 bits per heavy atom. The third kappa shape index (κ3) is 5.42. The molecule has 0 atom stereocenters. The molecule has 0 aliphatic heterocycles. The van der Waals surface area contributed by atoms with Crippen molar-refractivity contribution >= 4 is 29.0 Å². The summed E-state index contributed by atoms with van der Waals surface area (Å²) in [5.74, 6) is -0.209. The minimum Gasteiger partial charge on any atom is -0.362 e. The lowest BCUT2D eigenvalue weighted by molar-refractivity contribution is -0.119. The molecule has 3 N–H and O–H groups in total. The van der Waals surface area contributed by atoms with Gasteiger partial charge >= 0.3 is 0 Å². The van der Waals surface area contributed by atoms with E-state index in [1.165, 1.54) is 6.08 Å². The summed E-state index contributed by atoms with van der Waals surface area (Å²) in [7, 11) is 0. The van der Waals surface area contributed by atoms with Crippen LogP contribution in [0.15, 0.2) is 66.9 Å². The van der Waals surface area contributed by atoms with Crippen molar-refractivity contribution in [3.05, 3.63) is 77.5 Å². The average Bonchev–Trinajstić information content (AvgIpc) is 2.50. The molecule has 0 saturated carbocycles. The Morgan fingerprint density at radius 2 is 1.77 bits per heavy atom. The molecular formula is C17H16ClN3O. The molecule has 0 saturated heterocycles. The number of para-hydroxylation sites is 1. The van der Waals surface area contributed by atoms with Gasteiger partial charge in [0.15, 0.2) is 0 Å². The van der Waals surface area contributed by atoms with Gasteiger partial charge in [0, 0.05) is 16.9 Å². The zero-order chi connectivity index (χ0) is 15.8. The zero-order valence-corrected chi connectivity index (χ0v) is 12.6. The third-order valence-corrected chi connectivity index (χ3v) is 3.08. The monoisotopic (exact) mass is 313 g/mol. The van der Waals surface area contributed by atoms with E-state index in [4.69, 9.17) is 17.0 Å². The summed E-state index contributed by atoms with van der Waals surface area (Å²) in [5, 5.41) is 13.9. The van der Waals surface area contributed by atoms with Gasteiger partial charge in [0.1, 0.15) is 5.84 Å². The minimum absolute atomic E-state index is 0.0300. The second-order valence-corrected chi connectivity index (χ2v) is 5.05. The van der Waals surface area contributed by atoms with Crippen LogP contribution >= 0.6 is 11.6 Å². The standard InChI is InChI=1S/C17H16ClN3O/c18-14-8-6-13(7-9-14)12-17(22)21-16(19)10-11-20-15-4-2-1-3-5-15/h1-11,20H,12H2,(H2,19,21,22)/b11-10-. The van der Waals surface area contributed by atoms with Crippen molar-refractivity contribution in [1.82, 2.24) is 5.32 Å². The van der Waals surface area contributed by atoms with Crippen molar-refractivity contribution in [3.8, 4) is 0 Å². The minimum atomic E-state index is -0.239. The second kappa shape index (κ2) is 8.00. The molecule has 0 bridgehead atoms. The fourth-order valence-electron chi connectivity index (χ4n) is 1.78. The van der Waals surface area contributed by atoms with Crippen molar-refractivity contribution in [3.63, 3.8) is 0 Å². The molecule has 0 aliphatic rings. The molecule has 0 aliphatic carbocycles. The molecule has 0 aromatic heterocycles. The van der Waals surface area contributed by atoms with E-state index in [1.54, 1.807) is 30.5 Å². The van der Waals surface area contributed by atoms with E-state index in [0.717, 1.165) is 11.3 Å². The molecule has 112 valence electrons. The van der Waals surface area contributed by atoms with Gasteiger partial charge in [-0.2, -0.15) is 0 Å². The highest BCUT2D eigenvalue weighted by molar-refractivity contribution is 6.30. The van der Waals surface area contributed by atoms with Gasteiger partial charge in [-0.05, 0) is 35.9 Å². The quantitative estimate of drug-likeness (QED) is 0.583. The Bertz CT molecular complexity index is 666. The molecule has 22 heavy (non-hydrogen) atoms. The van der Waals surface area contributed by atoms with Gasteiger partial charge in [0.25, 0.3) is 0 Å². The number of rotatable bonds is 5. The van der Waals surface area contributed by atoms with E-state index in [1.807, 2.05) is 30.3 Å². The Labute approximate surface area is 134 Å². The number of carbonyl (C=O) groups is 1. The molecule has 1 amide bonds. The van der Waals surface area contributed by atoms with Gasteiger partial charge in [-0.25, -0.2) is 0 Å². The number of hydrogen-bond donors (Lipinski definition) is 3. The van der Waals surface area contributed by atoms with Crippen LogP contribution in [0.2, 0.25) is 5.02 Å². The fourth-order valence-corrected chi connectivity index (χ4v) is 1.91. The van der Waals surface area contributed by atoms with E-state index in [9.17, 15) is 4.79 Å². The second-order valence-electron chi connectivity index (χ2n) is 4.61. The third-order valence-electron chi connectivity index (χ3n) is 2.83. The van der Waals surface area contributed by atoms with E-state index in [2.05, 4.69) is 10.6 Å². The highest BCUT2D eigenvalue weighted by atomic mass is 35.5. The number of nitrogens with one attached hydrogen (secondary N) is 3. The SMILES string of the molecule is N=C(/C=C\Nc1ccccc1)NC(=O)Cc1ccc(Cl)cc1. The van der Waals surface area contributed by atoms with Crippen LogP contribution in [0.5, 0.6) is 0 Å². The Hall–Kier alpha value is -2.59. The molecule has 2 rings (SSSR count). The number of halogens is 1. The molecule has 0 heterocycles. The van der Waals surface area contributed by atoms with Crippen molar-refractivity contribution in [1.29, 1.82) is 5.41 Å². The molecule has 0 fully saturated rings. The maximum Gasteiger partial charge on any atom is 0.229 e. The van der Waals surface area contributed by atoms with Gasteiger partial charge in [-0.1, -0.05) is 41.9 Å². The van der Waals surface area contributed by atoms with E-state index >= 15 is 0 Å². The van der Waals surface area contributed by atoms with Gasteiger partial charge in [0.05, 0.1) is 6.42 Å². The summed E-state index contributed by atoms with van der Waals surface area (Å²) in [6.07, 6.45) is 3.31. The van der Waals surface area contributed by atoms with E-state index in [-0.39, 0.29) is 18.2 Å². The first-order chi connectivity index (χ1) is 10.6. The molecule has 2 aromatic carbocycles. The van der Waals surface area contributed by atoms with Gasteiger partial charge in [0.2, 0.25) is 5.91 Å². The van der Waals surface area contributed by atoms with E-state index in [0.29, 0.717) is 5.02 Å². The lowest BCUT2D eigenvalue weighted by Crippen LogP contribution is -2.29. The number of anilines is 1. The van der Waals surface area contributed by atoms with Gasteiger partial charge in [-0.15, -0.1) is 0 Å². The van der Waals surface area contributed by atoms with Crippen LogP contribution in [0, 0.1) is 5.41 Å². The number of amidine groups is 1. The normalized spacial score (nSPS) is 10.4. The van der Waals surface area contributed by atoms with Crippen molar-refractivity contribution in [2.75, 3.05) is 5.32 Å². The summed E-state index contributed by atoms with van der Waals surface area (Å²) < 4.78 is 0. The topological polar surface area (TPSA) is 65.0 Å². The predicted molar refractivity (Wildman–Crippen MR) is 90.2 cm³/mol. The summed E-state index contributed by atoms with van der Waals surface area (Å²) in [6.45, 7) is 0. The molecular weight excluding hydrogens is 298 g/mol. The van der Waals surface area contributed by atoms with Crippen LogP contribution in [0.4, 0.5) is 5.69 Å². The number of hydrogen-bond acceptors (Lipinski definition) is 3. The van der Waals surface area contributed by atoms with Crippen molar-refractivity contribution in [2.45, 2.75) is 6.42 Å². The van der Waals surface area contributed by atoms with Crippen molar-refractivity contribution in [2.24, 2.45) is 0 Å². The first-order valence-corrected chi connectivity index (χ1v) is 7.12. The van der Waals surface area contributed by atoms with Gasteiger partial charge < -0.3 is 10.6 Å². The summed E-state index contributed by atoms with van der Waals surface area (Å²) in [4.78, 5) is 11.8. The van der Waals surface area contributed by atoms with Crippen LogP contribution in [-0.4, -0.2) is 11.7 Å². The Morgan fingerprint density at radius 3 is 2.45 bits per heavy atom. The smallest absolute Gasteiger partial charge is 0.229 e. The molecule has 0 unspecified atom stereocenters. The largest absolute Gasteiger partial charge is 0.362 e. The highest BCUT2D eigenvalue weighted by Crippen LogP contribution is 2.09. The molecule has 4 nitrogen and oxygen atoms in total. The number of carbonyl (C=O) groups excluding carboxylic acids is 1. The summed E-state index contributed by atoms with van der Waals surface area (Å²) in [6, 6.07) is 16.6. The van der Waals surface area contributed by atoms with Crippen LogP contribution in [0.25, 0.3) is 0 Å². The highest BCUT2D eigenvalue weighted by Gasteiger charge is 2.04. The molecule has 0 spiro atoms. The molecule has 2 aromatic rings. The van der Waals surface area contributed by atoms with Crippen LogP contribution < -0.4 is 10.6 Å². The van der Waals surface area contributed by atoms with Gasteiger partial charge in [-0.3, -0.25) is 10.2 Å². The number of amides is 1. The lowest BCUT2D eigenvalue weighted by atomic mass is 10.1. The molecule has 5 heteroatoms. The van der Waals surface area contributed by atoms with Crippen LogP contribution in [0.3, 0.4) is 0 Å². The summed E-state index contributed by atoms with van der Waals surface area (Å²) in [5.41, 5.74) is 1.76. The summed E-state index contributed by atoms with van der Waals surface area (Å²) >= 11 is 5.79. The zero-order valence-electron chi connectivity index (χ0n) is 11.8. The predicted octanol–water partition coefficient (Wildman–Crippen LogP) is 3.60. The Kier molecular flexibility index (Phi) is 5.74. The van der Waals surface area contributed by atoms with Crippen molar-refractivity contribution < 1.29 is 4.79 Å². The average molecular weight is 314 g/mol. The van der Waals surface area contributed by atoms with Crippen LogP contribution in [-0.2, 0) is 11.2 Å². The fraction of sp³-hybridized carbons (Fsp3) is 0.0588. The Balaban J connectivity index is 1.78. The van der Waals surface area contributed by atoms with E-state index < -0.39 is 0 Å². The number of benzene rings is 2. The van der Waals surface area contributed by atoms with Crippen LogP contribution in [0.1, 0.15) is 5.56 Å². The molecule has 0 radical (unpaired) electrons. The maximum absolute atomic E-state index is 11.8.